The van der Waals surface area contributed by atoms with E-state index in [4.69, 9.17) is 4.74 Å². The van der Waals surface area contributed by atoms with Gasteiger partial charge in [0.15, 0.2) is 0 Å². The molecule has 0 aliphatic heterocycles. The van der Waals surface area contributed by atoms with Crippen LogP contribution in [0.4, 0.5) is 0 Å². The van der Waals surface area contributed by atoms with Gasteiger partial charge < -0.3 is 4.74 Å². The zero-order valence-electron chi connectivity index (χ0n) is 7.81. The SMILES string of the molecule is C=CCCCCCOC(C)C. The van der Waals surface area contributed by atoms with E-state index in [1.807, 2.05) is 6.08 Å². The standard InChI is InChI=1S/C10H20O/c1-4-5-6-7-8-9-11-10(2)3/h4,10H,1,5-9H2,2-3H3. The van der Waals surface area contributed by atoms with Crippen LogP contribution in [0.15, 0.2) is 12.7 Å². The van der Waals surface area contributed by atoms with Crippen LogP contribution in [-0.2, 0) is 4.74 Å². The topological polar surface area (TPSA) is 9.23 Å². The molecule has 0 radical (unpaired) electrons. The molecule has 0 N–H and O–H groups in total. The normalized spacial score (nSPS) is 10.5. The summed E-state index contributed by atoms with van der Waals surface area (Å²) in [4.78, 5) is 0. The summed E-state index contributed by atoms with van der Waals surface area (Å²) >= 11 is 0. The molecule has 0 fully saturated rings. The zero-order chi connectivity index (χ0) is 8.53. The first-order valence-corrected chi connectivity index (χ1v) is 4.50. The summed E-state index contributed by atoms with van der Waals surface area (Å²) in [6, 6.07) is 0. The maximum atomic E-state index is 5.40. The van der Waals surface area contributed by atoms with Crippen LogP contribution >= 0.6 is 0 Å². The first-order chi connectivity index (χ1) is 5.27. The lowest BCUT2D eigenvalue weighted by molar-refractivity contribution is 0.0758. The Labute approximate surface area is 70.4 Å². The fraction of sp³-hybridized carbons (Fsp3) is 0.800. The fourth-order valence-corrected chi connectivity index (χ4v) is 0.887. The fourth-order valence-electron chi connectivity index (χ4n) is 0.887. The van der Waals surface area contributed by atoms with E-state index >= 15 is 0 Å². The molecule has 0 spiro atoms. The smallest absolute Gasteiger partial charge is 0.0518 e. The molecule has 0 saturated heterocycles. The van der Waals surface area contributed by atoms with Gasteiger partial charge in [-0.25, -0.2) is 0 Å². The molecule has 0 aliphatic rings. The largest absolute Gasteiger partial charge is 0.379 e. The molecule has 0 aromatic carbocycles. The van der Waals surface area contributed by atoms with Gasteiger partial charge in [-0.15, -0.1) is 6.58 Å². The Balaban J connectivity index is 2.85. The second kappa shape index (κ2) is 7.80. The average Bonchev–Trinajstić information content (AvgIpc) is 1.96. The van der Waals surface area contributed by atoms with Crippen molar-refractivity contribution in [2.75, 3.05) is 6.61 Å². The van der Waals surface area contributed by atoms with Crippen molar-refractivity contribution >= 4 is 0 Å². The van der Waals surface area contributed by atoms with Gasteiger partial charge >= 0.3 is 0 Å². The van der Waals surface area contributed by atoms with E-state index in [0.29, 0.717) is 6.10 Å². The monoisotopic (exact) mass is 156 g/mol. The van der Waals surface area contributed by atoms with Crippen LogP contribution in [0.1, 0.15) is 39.5 Å². The lowest BCUT2D eigenvalue weighted by Crippen LogP contribution is -2.03. The molecule has 0 saturated carbocycles. The summed E-state index contributed by atoms with van der Waals surface area (Å²) in [5.74, 6) is 0. The van der Waals surface area contributed by atoms with Crippen molar-refractivity contribution in [3.63, 3.8) is 0 Å². The molecule has 0 aromatic heterocycles. The second-order valence-electron chi connectivity index (χ2n) is 3.06. The zero-order valence-corrected chi connectivity index (χ0v) is 7.81. The van der Waals surface area contributed by atoms with E-state index in [1.54, 1.807) is 0 Å². The maximum Gasteiger partial charge on any atom is 0.0518 e. The summed E-state index contributed by atoms with van der Waals surface area (Å²) in [6.45, 7) is 8.73. The van der Waals surface area contributed by atoms with Gasteiger partial charge in [-0.05, 0) is 33.1 Å². The van der Waals surface area contributed by atoms with Gasteiger partial charge in [0.2, 0.25) is 0 Å². The Morgan fingerprint density at radius 1 is 1.27 bits per heavy atom. The molecule has 0 atom stereocenters. The number of hydrogen-bond donors (Lipinski definition) is 0. The number of hydrogen-bond acceptors (Lipinski definition) is 1. The predicted octanol–water partition coefficient (Wildman–Crippen LogP) is 3.16. The molecule has 0 rings (SSSR count). The summed E-state index contributed by atoms with van der Waals surface area (Å²) in [6.07, 6.45) is 7.20. The van der Waals surface area contributed by atoms with Gasteiger partial charge in [-0.3, -0.25) is 0 Å². The molecule has 1 heteroatoms. The second-order valence-corrected chi connectivity index (χ2v) is 3.06. The minimum atomic E-state index is 0.384. The Kier molecular flexibility index (Phi) is 7.59. The molecule has 1 nitrogen and oxygen atoms in total. The van der Waals surface area contributed by atoms with Crippen molar-refractivity contribution in [1.82, 2.24) is 0 Å². The lowest BCUT2D eigenvalue weighted by Gasteiger charge is -2.05. The molecule has 0 aromatic rings. The molecule has 66 valence electrons. The van der Waals surface area contributed by atoms with Crippen molar-refractivity contribution in [3.8, 4) is 0 Å². The third kappa shape index (κ3) is 9.70. The van der Waals surface area contributed by atoms with Crippen LogP contribution < -0.4 is 0 Å². The van der Waals surface area contributed by atoms with E-state index in [-0.39, 0.29) is 0 Å². The van der Waals surface area contributed by atoms with Crippen LogP contribution in [0.2, 0.25) is 0 Å². The van der Waals surface area contributed by atoms with Gasteiger partial charge in [-0.1, -0.05) is 12.5 Å². The highest BCUT2D eigenvalue weighted by molar-refractivity contribution is 4.65. The van der Waals surface area contributed by atoms with E-state index in [1.165, 1.54) is 19.3 Å². The Bertz CT molecular complexity index is 86.9. The molecule has 0 bridgehead atoms. The summed E-state index contributed by atoms with van der Waals surface area (Å²) in [5, 5.41) is 0. The van der Waals surface area contributed by atoms with E-state index in [9.17, 15) is 0 Å². The molecular weight excluding hydrogens is 136 g/mol. The summed E-state index contributed by atoms with van der Waals surface area (Å²) in [5.41, 5.74) is 0. The van der Waals surface area contributed by atoms with Gasteiger partial charge in [0.1, 0.15) is 0 Å². The highest BCUT2D eigenvalue weighted by Crippen LogP contribution is 2.01. The third-order valence-electron chi connectivity index (χ3n) is 1.50. The van der Waals surface area contributed by atoms with E-state index < -0.39 is 0 Å². The van der Waals surface area contributed by atoms with Crippen LogP contribution in [0.3, 0.4) is 0 Å². The molecule has 0 heterocycles. The Morgan fingerprint density at radius 2 is 2.00 bits per heavy atom. The lowest BCUT2D eigenvalue weighted by atomic mass is 10.2. The van der Waals surface area contributed by atoms with Crippen LogP contribution in [0, 0.1) is 0 Å². The van der Waals surface area contributed by atoms with Crippen LogP contribution in [0.25, 0.3) is 0 Å². The van der Waals surface area contributed by atoms with Crippen molar-refractivity contribution in [1.29, 1.82) is 0 Å². The molecule has 0 amide bonds. The van der Waals surface area contributed by atoms with Crippen molar-refractivity contribution < 1.29 is 4.74 Å². The van der Waals surface area contributed by atoms with E-state index in [0.717, 1.165) is 13.0 Å². The van der Waals surface area contributed by atoms with Crippen molar-refractivity contribution in [3.05, 3.63) is 12.7 Å². The summed E-state index contributed by atoms with van der Waals surface area (Å²) < 4.78 is 5.40. The maximum absolute atomic E-state index is 5.40. The molecule has 0 aliphatic carbocycles. The molecule has 11 heavy (non-hydrogen) atoms. The number of ether oxygens (including phenoxy) is 1. The van der Waals surface area contributed by atoms with Crippen molar-refractivity contribution in [2.24, 2.45) is 0 Å². The highest BCUT2D eigenvalue weighted by atomic mass is 16.5. The van der Waals surface area contributed by atoms with Crippen LogP contribution in [-0.4, -0.2) is 12.7 Å². The Hall–Kier alpha value is -0.300. The number of allylic oxidation sites excluding steroid dienone is 1. The predicted molar refractivity (Wildman–Crippen MR) is 49.8 cm³/mol. The third-order valence-corrected chi connectivity index (χ3v) is 1.50. The molecular formula is C10H20O. The average molecular weight is 156 g/mol. The van der Waals surface area contributed by atoms with E-state index in [2.05, 4.69) is 20.4 Å². The minimum absolute atomic E-state index is 0.384. The van der Waals surface area contributed by atoms with Gasteiger partial charge in [-0.2, -0.15) is 0 Å². The number of rotatable bonds is 7. The van der Waals surface area contributed by atoms with Gasteiger partial charge in [0.05, 0.1) is 6.10 Å². The Morgan fingerprint density at radius 3 is 2.55 bits per heavy atom. The quantitative estimate of drug-likeness (QED) is 0.406. The first kappa shape index (κ1) is 10.7. The van der Waals surface area contributed by atoms with Gasteiger partial charge in [0, 0.05) is 6.61 Å². The number of unbranched alkanes of at least 4 members (excludes halogenated alkanes) is 3. The van der Waals surface area contributed by atoms with Gasteiger partial charge in [0.25, 0.3) is 0 Å². The molecule has 0 unspecified atom stereocenters. The summed E-state index contributed by atoms with van der Waals surface area (Å²) in [7, 11) is 0. The van der Waals surface area contributed by atoms with Crippen LogP contribution in [0.5, 0.6) is 0 Å². The minimum Gasteiger partial charge on any atom is -0.379 e. The van der Waals surface area contributed by atoms with Crippen molar-refractivity contribution in [2.45, 2.75) is 45.6 Å². The first-order valence-electron chi connectivity index (χ1n) is 4.50. The highest BCUT2D eigenvalue weighted by Gasteiger charge is 1.91.